The van der Waals surface area contributed by atoms with E-state index in [2.05, 4.69) is 17.1 Å². The fourth-order valence-corrected chi connectivity index (χ4v) is 2.54. The number of piperazine rings is 1. The van der Waals surface area contributed by atoms with Gasteiger partial charge < -0.3 is 16.0 Å². The van der Waals surface area contributed by atoms with E-state index in [1.165, 1.54) is 0 Å². The standard InChI is InChI=1S/C12H24N4OS/c1-3-5-10(11(13)18)15-6-8-16(9-7-15)12(17)14-4-2/h10H,3-9H2,1-2H3,(H2,13,18)(H,14,17). The largest absolute Gasteiger partial charge is 0.392 e. The molecule has 5 nitrogen and oxygen atoms in total. The second kappa shape index (κ2) is 7.53. The summed E-state index contributed by atoms with van der Waals surface area (Å²) < 4.78 is 0. The Morgan fingerprint density at radius 1 is 1.33 bits per heavy atom. The molecule has 0 aromatic rings. The number of hydrogen-bond donors (Lipinski definition) is 2. The third-order valence-electron chi connectivity index (χ3n) is 3.26. The summed E-state index contributed by atoms with van der Waals surface area (Å²) in [7, 11) is 0. The van der Waals surface area contributed by atoms with Crippen LogP contribution in [0.2, 0.25) is 0 Å². The van der Waals surface area contributed by atoms with Crippen molar-refractivity contribution in [1.29, 1.82) is 0 Å². The predicted molar refractivity (Wildman–Crippen MR) is 77.7 cm³/mol. The molecular formula is C12H24N4OS. The van der Waals surface area contributed by atoms with Gasteiger partial charge in [-0.25, -0.2) is 4.79 Å². The summed E-state index contributed by atoms with van der Waals surface area (Å²) in [5, 5.41) is 2.83. The van der Waals surface area contributed by atoms with Crippen LogP contribution in [-0.2, 0) is 0 Å². The molecule has 0 bridgehead atoms. The quantitative estimate of drug-likeness (QED) is 0.726. The van der Waals surface area contributed by atoms with Crippen molar-refractivity contribution in [1.82, 2.24) is 15.1 Å². The Hall–Kier alpha value is -0.880. The number of thiocarbonyl (C=S) groups is 1. The third kappa shape index (κ3) is 4.10. The first-order chi connectivity index (χ1) is 8.60. The van der Waals surface area contributed by atoms with Gasteiger partial charge >= 0.3 is 6.03 Å². The van der Waals surface area contributed by atoms with Gasteiger partial charge in [0.1, 0.15) is 0 Å². The average Bonchev–Trinajstić information content (AvgIpc) is 2.36. The minimum absolute atomic E-state index is 0.0273. The Kier molecular flexibility index (Phi) is 6.35. The van der Waals surface area contributed by atoms with Gasteiger partial charge in [-0.1, -0.05) is 25.6 Å². The zero-order valence-corrected chi connectivity index (χ0v) is 12.1. The van der Waals surface area contributed by atoms with E-state index < -0.39 is 0 Å². The molecule has 1 rings (SSSR count). The first kappa shape index (κ1) is 15.2. The van der Waals surface area contributed by atoms with Crippen molar-refractivity contribution in [2.45, 2.75) is 32.7 Å². The number of nitrogens with two attached hydrogens (primary N) is 1. The number of rotatable bonds is 5. The van der Waals surface area contributed by atoms with Crippen molar-refractivity contribution in [2.24, 2.45) is 5.73 Å². The number of carbonyl (C=O) groups excluding carboxylic acids is 1. The molecule has 1 aliphatic rings. The molecular weight excluding hydrogens is 248 g/mol. The molecule has 0 aromatic heterocycles. The molecule has 1 atom stereocenters. The maximum Gasteiger partial charge on any atom is 0.317 e. The molecule has 0 aromatic carbocycles. The van der Waals surface area contributed by atoms with Gasteiger partial charge in [0.25, 0.3) is 0 Å². The number of nitrogens with one attached hydrogen (secondary N) is 1. The fraction of sp³-hybridized carbons (Fsp3) is 0.833. The Balaban J connectivity index is 2.46. The van der Waals surface area contributed by atoms with Gasteiger partial charge in [-0.2, -0.15) is 0 Å². The van der Waals surface area contributed by atoms with E-state index in [1.54, 1.807) is 0 Å². The van der Waals surface area contributed by atoms with Gasteiger partial charge in [0, 0.05) is 32.7 Å². The molecule has 0 saturated carbocycles. The molecule has 18 heavy (non-hydrogen) atoms. The van der Waals surface area contributed by atoms with E-state index in [9.17, 15) is 4.79 Å². The van der Waals surface area contributed by atoms with Crippen LogP contribution in [0.4, 0.5) is 4.79 Å². The molecule has 1 unspecified atom stereocenters. The highest BCUT2D eigenvalue weighted by Gasteiger charge is 2.26. The maximum absolute atomic E-state index is 11.7. The molecule has 1 fully saturated rings. The van der Waals surface area contributed by atoms with Crippen LogP contribution in [0.1, 0.15) is 26.7 Å². The lowest BCUT2D eigenvalue weighted by atomic mass is 10.1. The Bertz CT molecular complexity index is 290. The van der Waals surface area contributed by atoms with Crippen LogP contribution in [0.25, 0.3) is 0 Å². The van der Waals surface area contributed by atoms with E-state index in [4.69, 9.17) is 18.0 Å². The molecule has 1 heterocycles. The number of amides is 2. The van der Waals surface area contributed by atoms with Gasteiger partial charge in [0.15, 0.2) is 0 Å². The van der Waals surface area contributed by atoms with Crippen molar-refractivity contribution < 1.29 is 4.79 Å². The number of hydrogen-bond acceptors (Lipinski definition) is 3. The van der Waals surface area contributed by atoms with Crippen LogP contribution >= 0.6 is 12.2 Å². The first-order valence-electron chi connectivity index (χ1n) is 6.66. The van der Waals surface area contributed by atoms with Crippen LogP contribution in [0, 0.1) is 0 Å². The highest BCUT2D eigenvalue weighted by Crippen LogP contribution is 2.11. The molecule has 1 saturated heterocycles. The molecule has 0 spiro atoms. The molecule has 104 valence electrons. The molecule has 0 aliphatic carbocycles. The van der Waals surface area contributed by atoms with Crippen LogP contribution in [0.15, 0.2) is 0 Å². The van der Waals surface area contributed by atoms with Gasteiger partial charge in [-0.15, -0.1) is 0 Å². The smallest absolute Gasteiger partial charge is 0.317 e. The van der Waals surface area contributed by atoms with Gasteiger partial charge in [0.2, 0.25) is 0 Å². The summed E-state index contributed by atoms with van der Waals surface area (Å²) >= 11 is 5.13. The predicted octanol–water partition coefficient (Wildman–Crippen LogP) is 0.788. The maximum atomic E-state index is 11.7. The summed E-state index contributed by atoms with van der Waals surface area (Å²) in [6.45, 7) is 7.92. The first-order valence-corrected chi connectivity index (χ1v) is 7.07. The zero-order chi connectivity index (χ0) is 13.5. The lowest BCUT2D eigenvalue weighted by molar-refractivity contribution is 0.125. The molecule has 2 amide bonds. The minimum atomic E-state index is 0.0273. The van der Waals surface area contributed by atoms with E-state index in [0.717, 1.165) is 39.0 Å². The Morgan fingerprint density at radius 2 is 1.94 bits per heavy atom. The summed E-state index contributed by atoms with van der Waals surface area (Å²) in [5.74, 6) is 0. The second-order valence-corrected chi connectivity index (χ2v) is 5.04. The molecule has 6 heteroatoms. The Labute approximate surface area is 115 Å². The highest BCUT2D eigenvalue weighted by molar-refractivity contribution is 7.80. The highest BCUT2D eigenvalue weighted by atomic mass is 32.1. The molecule has 0 radical (unpaired) electrons. The molecule has 3 N–H and O–H groups in total. The van der Waals surface area contributed by atoms with Gasteiger partial charge in [0.05, 0.1) is 11.0 Å². The van der Waals surface area contributed by atoms with Crippen molar-refractivity contribution in [2.75, 3.05) is 32.7 Å². The molecule has 1 aliphatic heterocycles. The number of carbonyl (C=O) groups is 1. The summed E-state index contributed by atoms with van der Waals surface area (Å²) in [6.07, 6.45) is 2.06. The van der Waals surface area contributed by atoms with Crippen LogP contribution < -0.4 is 11.1 Å². The van der Waals surface area contributed by atoms with Crippen molar-refractivity contribution in [3.8, 4) is 0 Å². The average molecular weight is 272 g/mol. The van der Waals surface area contributed by atoms with Crippen LogP contribution in [0.5, 0.6) is 0 Å². The lowest BCUT2D eigenvalue weighted by Crippen LogP contribution is -2.56. The number of urea groups is 1. The summed E-state index contributed by atoms with van der Waals surface area (Å²) in [4.78, 5) is 16.4. The van der Waals surface area contributed by atoms with E-state index in [0.29, 0.717) is 11.5 Å². The normalized spacial score (nSPS) is 18.4. The Morgan fingerprint density at radius 3 is 2.39 bits per heavy atom. The van der Waals surface area contributed by atoms with E-state index in [1.807, 2.05) is 11.8 Å². The minimum Gasteiger partial charge on any atom is -0.392 e. The second-order valence-electron chi connectivity index (χ2n) is 4.57. The SMILES string of the molecule is CCCC(C(N)=S)N1CCN(C(=O)NCC)CC1. The summed E-state index contributed by atoms with van der Waals surface area (Å²) in [6, 6.07) is 0.209. The zero-order valence-electron chi connectivity index (χ0n) is 11.3. The van der Waals surface area contributed by atoms with Crippen LogP contribution in [0.3, 0.4) is 0 Å². The van der Waals surface area contributed by atoms with Crippen LogP contribution in [-0.4, -0.2) is 59.6 Å². The van der Waals surface area contributed by atoms with Crippen molar-refractivity contribution >= 4 is 23.2 Å². The van der Waals surface area contributed by atoms with Gasteiger partial charge in [-0.05, 0) is 13.3 Å². The van der Waals surface area contributed by atoms with E-state index in [-0.39, 0.29) is 12.1 Å². The van der Waals surface area contributed by atoms with E-state index >= 15 is 0 Å². The lowest BCUT2D eigenvalue weighted by Gasteiger charge is -2.38. The van der Waals surface area contributed by atoms with Crippen molar-refractivity contribution in [3.05, 3.63) is 0 Å². The monoisotopic (exact) mass is 272 g/mol. The fourth-order valence-electron chi connectivity index (χ4n) is 2.28. The van der Waals surface area contributed by atoms with Gasteiger partial charge in [-0.3, -0.25) is 4.90 Å². The third-order valence-corrected chi connectivity index (χ3v) is 3.53. The number of nitrogens with zero attached hydrogens (tertiary/aromatic N) is 2. The topological polar surface area (TPSA) is 61.6 Å². The summed E-state index contributed by atoms with van der Waals surface area (Å²) in [5.41, 5.74) is 5.79. The van der Waals surface area contributed by atoms with Crippen molar-refractivity contribution in [3.63, 3.8) is 0 Å².